The first-order chi connectivity index (χ1) is 10.2. The van der Waals surface area contributed by atoms with Crippen LogP contribution in [-0.2, 0) is 7.05 Å². The molecule has 0 saturated heterocycles. The molecule has 7 nitrogen and oxygen atoms in total. The van der Waals surface area contributed by atoms with Crippen molar-refractivity contribution in [2.24, 2.45) is 12.9 Å². The molecule has 5 N–H and O–H groups in total. The lowest BCUT2D eigenvalue weighted by Gasteiger charge is -2.17. The van der Waals surface area contributed by atoms with Crippen molar-refractivity contribution in [2.75, 3.05) is 5.73 Å². The minimum atomic E-state index is -0.290. The molecule has 0 radical (unpaired) electrons. The molecular formula is C14H17N7. The van der Waals surface area contributed by atoms with Crippen LogP contribution in [0.5, 0.6) is 0 Å². The van der Waals surface area contributed by atoms with Gasteiger partial charge in [0, 0.05) is 18.8 Å². The number of aromatic nitrogens is 4. The summed E-state index contributed by atoms with van der Waals surface area (Å²) in [7, 11) is 1.79. The topological polar surface area (TPSA) is 99.7 Å². The van der Waals surface area contributed by atoms with Gasteiger partial charge in [-0.1, -0.05) is 18.2 Å². The Morgan fingerprint density at radius 2 is 1.90 bits per heavy atom. The van der Waals surface area contributed by atoms with Crippen molar-refractivity contribution in [3.05, 3.63) is 60.0 Å². The number of anilines is 1. The van der Waals surface area contributed by atoms with Gasteiger partial charge in [-0.05, 0) is 18.2 Å². The van der Waals surface area contributed by atoms with Crippen molar-refractivity contribution in [1.29, 1.82) is 0 Å². The molecule has 108 valence electrons. The van der Waals surface area contributed by atoms with Crippen molar-refractivity contribution >= 4 is 5.82 Å². The Kier molecular flexibility index (Phi) is 3.43. The first kappa shape index (κ1) is 13.3. The molecule has 0 spiro atoms. The van der Waals surface area contributed by atoms with Gasteiger partial charge in [-0.2, -0.15) is 10.2 Å². The molecule has 1 unspecified atom stereocenters. The van der Waals surface area contributed by atoms with E-state index < -0.39 is 0 Å². The number of hydrazine groups is 1. The quantitative estimate of drug-likeness (QED) is 0.484. The van der Waals surface area contributed by atoms with E-state index in [1.165, 1.54) is 0 Å². The molecule has 0 aliphatic heterocycles. The normalized spacial score (nSPS) is 12.5. The van der Waals surface area contributed by atoms with Gasteiger partial charge in [0.15, 0.2) is 0 Å². The minimum Gasteiger partial charge on any atom is -0.384 e. The average Bonchev–Trinajstić information content (AvgIpc) is 3.11. The minimum absolute atomic E-state index is 0.290. The summed E-state index contributed by atoms with van der Waals surface area (Å²) in [4.78, 5) is 0. The van der Waals surface area contributed by atoms with Crippen LogP contribution in [0.25, 0.3) is 5.69 Å². The number of hydrogen-bond acceptors (Lipinski definition) is 5. The third-order valence-electron chi connectivity index (χ3n) is 3.46. The molecule has 0 aliphatic rings. The number of nitrogens with zero attached hydrogens (tertiary/aromatic N) is 4. The first-order valence-corrected chi connectivity index (χ1v) is 6.55. The van der Waals surface area contributed by atoms with Crippen LogP contribution in [-0.4, -0.2) is 19.6 Å². The molecule has 0 amide bonds. The van der Waals surface area contributed by atoms with Gasteiger partial charge in [-0.3, -0.25) is 10.5 Å². The highest BCUT2D eigenvalue weighted by atomic mass is 15.3. The summed E-state index contributed by atoms with van der Waals surface area (Å²) in [6.07, 6.45) is 3.45. The van der Waals surface area contributed by atoms with Crippen molar-refractivity contribution in [3.8, 4) is 5.69 Å². The van der Waals surface area contributed by atoms with Crippen LogP contribution in [0.4, 0.5) is 5.82 Å². The molecule has 21 heavy (non-hydrogen) atoms. The highest BCUT2D eigenvalue weighted by molar-refractivity contribution is 5.45. The van der Waals surface area contributed by atoms with Crippen LogP contribution in [0.1, 0.15) is 17.3 Å². The van der Waals surface area contributed by atoms with E-state index in [-0.39, 0.29) is 6.04 Å². The summed E-state index contributed by atoms with van der Waals surface area (Å²) in [5.41, 5.74) is 11.5. The molecule has 0 aliphatic carbocycles. The highest BCUT2D eigenvalue weighted by Crippen LogP contribution is 2.26. The molecule has 3 aromatic rings. The smallest absolute Gasteiger partial charge is 0.126 e. The Balaban J connectivity index is 2.07. The Morgan fingerprint density at radius 1 is 1.14 bits per heavy atom. The van der Waals surface area contributed by atoms with Crippen LogP contribution < -0.4 is 17.0 Å². The molecule has 0 fully saturated rings. The molecule has 1 aromatic carbocycles. The van der Waals surface area contributed by atoms with E-state index in [4.69, 9.17) is 11.6 Å². The third kappa shape index (κ3) is 2.28. The zero-order valence-electron chi connectivity index (χ0n) is 11.6. The van der Waals surface area contributed by atoms with E-state index in [0.717, 1.165) is 16.9 Å². The monoisotopic (exact) mass is 283 g/mol. The average molecular weight is 283 g/mol. The van der Waals surface area contributed by atoms with Gasteiger partial charge in [0.05, 0.1) is 23.6 Å². The number of nitrogens with one attached hydrogen (secondary N) is 1. The maximum atomic E-state index is 6.05. The van der Waals surface area contributed by atoms with E-state index in [9.17, 15) is 0 Å². The predicted octanol–water partition coefficient (Wildman–Crippen LogP) is 0.741. The van der Waals surface area contributed by atoms with Crippen LogP contribution in [0.15, 0.2) is 48.8 Å². The van der Waals surface area contributed by atoms with Crippen molar-refractivity contribution < 1.29 is 0 Å². The number of para-hydroxylation sites is 1. The molecule has 3 rings (SSSR count). The summed E-state index contributed by atoms with van der Waals surface area (Å²) in [6.45, 7) is 0. The second-order valence-corrected chi connectivity index (χ2v) is 4.71. The predicted molar refractivity (Wildman–Crippen MR) is 80.4 cm³/mol. The maximum absolute atomic E-state index is 6.05. The van der Waals surface area contributed by atoms with Gasteiger partial charge >= 0.3 is 0 Å². The molecule has 2 aromatic heterocycles. The summed E-state index contributed by atoms with van der Waals surface area (Å²) in [6, 6.07) is 11.5. The van der Waals surface area contributed by atoms with Crippen LogP contribution in [0.2, 0.25) is 0 Å². The Bertz CT molecular complexity index is 729. The molecule has 7 heteroatoms. The highest BCUT2D eigenvalue weighted by Gasteiger charge is 2.22. The van der Waals surface area contributed by atoms with Gasteiger partial charge < -0.3 is 5.73 Å². The van der Waals surface area contributed by atoms with E-state index in [0.29, 0.717) is 5.82 Å². The number of aryl methyl sites for hydroxylation is 1. The molecule has 1 atom stereocenters. The Morgan fingerprint density at radius 3 is 2.52 bits per heavy atom. The number of hydrogen-bond donors (Lipinski definition) is 3. The number of nitrogen functional groups attached to an aromatic ring is 1. The maximum Gasteiger partial charge on any atom is 0.126 e. The second-order valence-electron chi connectivity index (χ2n) is 4.71. The number of nitrogens with two attached hydrogens (primary N) is 2. The standard InChI is InChI=1S/C14H17N7/c1-20-14(15)11(9-18-20)13(19-16)12-7-8-17-21(12)10-5-3-2-4-6-10/h2-9,13,19H,15-16H2,1H3. The molecule has 2 heterocycles. The van der Waals surface area contributed by atoms with E-state index in [2.05, 4.69) is 15.6 Å². The summed E-state index contributed by atoms with van der Waals surface area (Å²) in [5, 5.41) is 8.53. The number of rotatable bonds is 4. The van der Waals surface area contributed by atoms with Crippen LogP contribution in [0, 0.1) is 0 Å². The molecule has 0 bridgehead atoms. The van der Waals surface area contributed by atoms with Gasteiger partial charge in [-0.25, -0.2) is 10.1 Å². The third-order valence-corrected chi connectivity index (χ3v) is 3.46. The molecule has 0 saturated carbocycles. The van der Waals surface area contributed by atoms with Gasteiger partial charge in [0.2, 0.25) is 0 Å². The lowest BCUT2D eigenvalue weighted by molar-refractivity contribution is 0.598. The zero-order valence-corrected chi connectivity index (χ0v) is 11.6. The number of benzene rings is 1. The first-order valence-electron chi connectivity index (χ1n) is 6.55. The van der Waals surface area contributed by atoms with E-state index >= 15 is 0 Å². The zero-order chi connectivity index (χ0) is 14.8. The van der Waals surface area contributed by atoms with Crippen molar-refractivity contribution in [2.45, 2.75) is 6.04 Å². The summed E-state index contributed by atoms with van der Waals surface area (Å²) in [5.74, 6) is 6.31. The van der Waals surface area contributed by atoms with Gasteiger partial charge in [0.1, 0.15) is 5.82 Å². The fourth-order valence-electron chi connectivity index (χ4n) is 2.34. The lowest BCUT2D eigenvalue weighted by Crippen LogP contribution is -2.31. The largest absolute Gasteiger partial charge is 0.384 e. The summed E-state index contributed by atoms with van der Waals surface area (Å²) < 4.78 is 3.44. The Labute approximate surface area is 122 Å². The fourth-order valence-corrected chi connectivity index (χ4v) is 2.34. The van der Waals surface area contributed by atoms with Crippen molar-refractivity contribution in [1.82, 2.24) is 25.0 Å². The van der Waals surface area contributed by atoms with Gasteiger partial charge in [-0.15, -0.1) is 0 Å². The van der Waals surface area contributed by atoms with E-state index in [1.807, 2.05) is 41.1 Å². The van der Waals surface area contributed by atoms with E-state index in [1.54, 1.807) is 24.1 Å². The van der Waals surface area contributed by atoms with Crippen LogP contribution in [0.3, 0.4) is 0 Å². The molecular weight excluding hydrogens is 266 g/mol. The van der Waals surface area contributed by atoms with Crippen LogP contribution >= 0.6 is 0 Å². The summed E-state index contributed by atoms with van der Waals surface area (Å²) >= 11 is 0. The fraction of sp³-hybridized carbons (Fsp3) is 0.143. The van der Waals surface area contributed by atoms with Crippen molar-refractivity contribution in [3.63, 3.8) is 0 Å². The van der Waals surface area contributed by atoms with Gasteiger partial charge in [0.25, 0.3) is 0 Å². The second kappa shape index (κ2) is 5.39. The Hall–Kier alpha value is -2.64. The lowest BCUT2D eigenvalue weighted by atomic mass is 10.1. The SMILES string of the molecule is Cn1ncc(C(NN)c2ccnn2-c2ccccc2)c1N.